The second-order valence-corrected chi connectivity index (χ2v) is 5.70. The highest BCUT2D eigenvalue weighted by molar-refractivity contribution is 5.57. The Morgan fingerprint density at radius 3 is 2.38 bits per heavy atom. The van der Waals surface area contributed by atoms with Crippen molar-refractivity contribution in [2.75, 3.05) is 26.0 Å². The summed E-state index contributed by atoms with van der Waals surface area (Å²) in [4.78, 5) is 9.31. The van der Waals surface area contributed by atoms with Crippen LogP contribution in [0.1, 0.15) is 18.1 Å². The number of amides is 1. The highest BCUT2D eigenvalue weighted by atomic mass is 19.4. The average Bonchev–Trinajstić information content (AvgIpc) is 2.67. The fourth-order valence-corrected chi connectivity index (χ4v) is 2.25. The van der Waals surface area contributed by atoms with Crippen LogP contribution in [0.15, 0.2) is 36.4 Å². The van der Waals surface area contributed by atoms with Crippen LogP contribution in [0.4, 0.5) is 18.9 Å². The van der Waals surface area contributed by atoms with Crippen molar-refractivity contribution in [3.05, 3.63) is 47.5 Å². The van der Waals surface area contributed by atoms with Gasteiger partial charge < -0.3 is 19.9 Å². The molecule has 2 aromatic rings. The topological polar surface area (TPSA) is 97.1 Å². The number of nitrogens with zero attached hydrogens (tertiary/aromatic N) is 1. The van der Waals surface area contributed by atoms with Crippen LogP contribution in [0.5, 0.6) is 17.2 Å². The number of ether oxygens (including phenoxy) is 2. The van der Waals surface area contributed by atoms with Crippen LogP contribution in [0.3, 0.4) is 0 Å². The molecule has 0 atom stereocenters. The fourth-order valence-electron chi connectivity index (χ4n) is 2.25. The summed E-state index contributed by atoms with van der Waals surface area (Å²) in [7, 11) is 3.17. The summed E-state index contributed by atoms with van der Waals surface area (Å²) in [5.74, 6) is 4.47. The number of aromatic hydroxyl groups is 1. The Labute approximate surface area is 166 Å². The van der Waals surface area contributed by atoms with Gasteiger partial charge in [-0.05, 0) is 37.3 Å². The average molecular weight is 415 g/mol. The Morgan fingerprint density at radius 2 is 1.86 bits per heavy atom. The molecule has 0 aliphatic carbocycles. The third-order valence-electron chi connectivity index (χ3n) is 3.51. The summed E-state index contributed by atoms with van der Waals surface area (Å²) in [5, 5.41) is 13.2. The predicted molar refractivity (Wildman–Crippen MR) is 103 cm³/mol. The first-order valence-electron chi connectivity index (χ1n) is 8.52. The largest absolute Gasteiger partial charge is 0.508 e. The zero-order valence-corrected chi connectivity index (χ0v) is 16.3. The van der Waals surface area contributed by atoms with Crippen molar-refractivity contribution in [2.24, 2.45) is 5.84 Å². The minimum Gasteiger partial charge on any atom is -0.508 e. The monoisotopic (exact) mass is 415 g/mol. The smallest absolute Gasteiger partial charge is 0.420 e. The van der Waals surface area contributed by atoms with Crippen LogP contribution in [0.2, 0.25) is 0 Å². The van der Waals surface area contributed by atoms with Crippen molar-refractivity contribution in [3.63, 3.8) is 0 Å². The van der Waals surface area contributed by atoms with Crippen molar-refractivity contribution in [2.45, 2.75) is 19.7 Å². The number of hydrogen-bond donors (Lipinski definition) is 3. The molecule has 0 saturated carbocycles. The van der Waals surface area contributed by atoms with Crippen LogP contribution in [0.25, 0.3) is 0 Å². The van der Waals surface area contributed by atoms with E-state index in [1.54, 1.807) is 25.2 Å². The molecule has 0 aromatic heterocycles. The molecule has 0 heterocycles. The number of carbonyl (C=O) groups is 1. The highest BCUT2D eigenvalue weighted by Gasteiger charge is 2.35. The maximum Gasteiger partial charge on any atom is 0.420 e. The summed E-state index contributed by atoms with van der Waals surface area (Å²) < 4.78 is 50.1. The van der Waals surface area contributed by atoms with Gasteiger partial charge in [0.2, 0.25) is 6.41 Å². The van der Waals surface area contributed by atoms with Gasteiger partial charge >= 0.3 is 6.18 Å². The molecule has 0 radical (unpaired) electrons. The molecule has 0 aliphatic heterocycles. The summed E-state index contributed by atoms with van der Waals surface area (Å²) >= 11 is 0. The number of rotatable bonds is 7. The Balaban J connectivity index is 0.000000749. The number of hydrogen-bond acceptors (Lipinski definition) is 6. The SMILES string of the molecule is CCOc1cccc(NC)c1COc1ccc(O)cc1C(F)(F)F.CN(N)C=O. The van der Waals surface area contributed by atoms with Gasteiger partial charge in [0, 0.05) is 19.8 Å². The molecule has 0 spiro atoms. The molecule has 0 bridgehead atoms. The van der Waals surface area contributed by atoms with Crippen LogP contribution in [0, 0.1) is 0 Å². The van der Waals surface area contributed by atoms with Gasteiger partial charge in [0.05, 0.1) is 12.2 Å². The van der Waals surface area contributed by atoms with Gasteiger partial charge in [0.1, 0.15) is 29.4 Å². The van der Waals surface area contributed by atoms with E-state index in [1.165, 1.54) is 7.05 Å². The van der Waals surface area contributed by atoms with Gasteiger partial charge in [0.25, 0.3) is 0 Å². The number of halogens is 3. The molecule has 0 fully saturated rings. The number of phenolic OH excluding ortho intramolecular Hbond substituents is 1. The Bertz CT molecular complexity index is 799. The molecule has 1 amide bonds. The van der Waals surface area contributed by atoms with E-state index < -0.39 is 17.5 Å². The number of benzene rings is 2. The van der Waals surface area contributed by atoms with E-state index in [9.17, 15) is 23.1 Å². The van der Waals surface area contributed by atoms with Crippen LogP contribution < -0.4 is 20.6 Å². The van der Waals surface area contributed by atoms with Crippen LogP contribution >= 0.6 is 0 Å². The number of nitrogens with two attached hydrogens (primary N) is 1. The van der Waals surface area contributed by atoms with Crippen molar-refractivity contribution in [3.8, 4) is 17.2 Å². The summed E-state index contributed by atoms with van der Waals surface area (Å²) in [6.07, 6.45) is -4.10. The van der Waals surface area contributed by atoms with E-state index in [-0.39, 0.29) is 12.4 Å². The molecule has 0 saturated heterocycles. The second-order valence-electron chi connectivity index (χ2n) is 5.70. The lowest BCUT2D eigenvalue weighted by molar-refractivity contribution is -0.139. The van der Waals surface area contributed by atoms with E-state index in [0.717, 1.165) is 17.1 Å². The van der Waals surface area contributed by atoms with E-state index in [2.05, 4.69) is 5.32 Å². The third kappa shape index (κ3) is 7.41. The van der Waals surface area contributed by atoms with Crippen molar-refractivity contribution < 1.29 is 32.5 Å². The number of carbonyl (C=O) groups excluding carboxylic acids is 1. The molecule has 2 rings (SSSR count). The van der Waals surface area contributed by atoms with Gasteiger partial charge in [-0.3, -0.25) is 9.80 Å². The number of phenols is 1. The Kier molecular flexibility index (Phi) is 9.07. The maximum absolute atomic E-state index is 13.1. The van der Waals surface area contributed by atoms with Crippen molar-refractivity contribution in [1.29, 1.82) is 0 Å². The lowest BCUT2D eigenvalue weighted by Gasteiger charge is -2.18. The van der Waals surface area contributed by atoms with Gasteiger partial charge in [0.15, 0.2) is 0 Å². The first-order valence-corrected chi connectivity index (χ1v) is 8.52. The normalized spacial score (nSPS) is 10.4. The predicted octanol–water partition coefficient (Wildman–Crippen LogP) is 3.38. The number of nitrogens with one attached hydrogen (secondary N) is 1. The quantitative estimate of drug-likeness (QED) is 0.278. The molecular weight excluding hydrogens is 391 g/mol. The van der Waals surface area contributed by atoms with Gasteiger partial charge in [-0.1, -0.05) is 6.07 Å². The Hall–Kier alpha value is -3.14. The first-order chi connectivity index (χ1) is 13.6. The van der Waals surface area contributed by atoms with E-state index in [1.807, 2.05) is 6.92 Å². The van der Waals surface area contributed by atoms with Crippen molar-refractivity contribution in [1.82, 2.24) is 5.01 Å². The third-order valence-corrected chi connectivity index (χ3v) is 3.51. The lowest BCUT2D eigenvalue weighted by atomic mass is 10.1. The van der Waals surface area contributed by atoms with Crippen LogP contribution in [-0.2, 0) is 17.6 Å². The molecule has 2 aromatic carbocycles. The molecule has 4 N–H and O–H groups in total. The maximum atomic E-state index is 13.1. The summed E-state index contributed by atoms with van der Waals surface area (Å²) in [6.45, 7) is 2.13. The van der Waals surface area contributed by atoms with Gasteiger partial charge in [-0.15, -0.1) is 0 Å². The highest BCUT2D eigenvalue weighted by Crippen LogP contribution is 2.39. The molecular formula is C19H24F3N3O4. The fraction of sp³-hybridized carbons (Fsp3) is 0.316. The number of alkyl halides is 3. The summed E-state index contributed by atoms with van der Waals surface area (Å²) in [5.41, 5.74) is 0.290. The second kappa shape index (κ2) is 11.0. The first kappa shape index (κ1) is 23.9. The van der Waals surface area contributed by atoms with Crippen LogP contribution in [-0.4, -0.2) is 37.2 Å². The Morgan fingerprint density at radius 1 is 1.21 bits per heavy atom. The van der Waals surface area contributed by atoms with E-state index >= 15 is 0 Å². The minimum absolute atomic E-state index is 0.111. The minimum atomic E-state index is -4.63. The van der Waals surface area contributed by atoms with Crippen molar-refractivity contribution >= 4 is 12.1 Å². The van der Waals surface area contributed by atoms with E-state index in [0.29, 0.717) is 36.1 Å². The lowest BCUT2D eigenvalue weighted by Crippen LogP contribution is -2.23. The van der Waals surface area contributed by atoms with Gasteiger partial charge in [-0.25, -0.2) is 5.84 Å². The molecule has 10 heteroatoms. The molecule has 160 valence electrons. The number of hydrazine groups is 1. The number of anilines is 1. The molecule has 7 nitrogen and oxygen atoms in total. The molecule has 0 aliphatic rings. The van der Waals surface area contributed by atoms with E-state index in [4.69, 9.17) is 15.3 Å². The summed E-state index contributed by atoms with van der Waals surface area (Å²) in [6, 6.07) is 8.18. The molecule has 0 unspecified atom stereocenters. The zero-order chi connectivity index (χ0) is 22.0. The standard InChI is InChI=1S/C17H18F3NO3.C2H6N2O/c1-3-23-15-6-4-5-14(21-2)12(15)10-24-16-8-7-11(22)9-13(16)17(18,19)20;1-4(3)2-5/h4-9,21-22H,3,10H2,1-2H3;2H,3H2,1H3. The molecule has 29 heavy (non-hydrogen) atoms. The zero-order valence-electron chi connectivity index (χ0n) is 16.3. The van der Waals surface area contributed by atoms with Gasteiger partial charge in [-0.2, -0.15) is 13.2 Å².